The van der Waals surface area contributed by atoms with Crippen molar-refractivity contribution in [3.8, 4) is 0 Å². The summed E-state index contributed by atoms with van der Waals surface area (Å²) in [5, 5.41) is 16.9. The van der Waals surface area contributed by atoms with Gasteiger partial charge in [0.15, 0.2) is 6.10 Å². The molecular formula is C32H48N4O8. The van der Waals surface area contributed by atoms with Crippen molar-refractivity contribution in [2.45, 2.75) is 84.3 Å². The van der Waals surface area contributed by atoms with Gasteiger partial charge in [0.2, 0.25) is 11.6 Å². The molecule has 1 aliphatic heterocycles. The Morgan fingerprint density at radius 3 is 2.39 bits per heavy atom. The second-order valence-corrected chi connectivity index (χ2v) is 12.3. The minimum absolute atomic E-state index is 0.131. The molecule has 1 heterocycles. The van der Waals surface area contributed by atoms with E-state index < -0.39 is 59.4 Å². The first-order valence-electron chi connectivity index (χ1n) is 14.6. The monoisotopic (exact) mass is 616 g/mol. The molecule has 0 saturated carbocycles. The van der Waals surface area contributed by atoms with E-state index in [2.05, 4.69) is 10.6 Å². The zero-order chi connectivity index (χ0) is 33.4. The SMILES string of the molecule is CO[C@H]1/C=C\C=C(/C)C(=O)NC2=CC(=O)C(NCC(C)(C)N)=C(C[C@@H](C)C[C@H](OC)[C@H](O)[C@@H](C)/C=C(\C)[C@@H]1OC(N)=O)C2=O. The van der Waals surface area contributed by atoms with Crippen LogP contribution >= 0.6 is 0 Å². The number of aliphatic hydroxyl groups is 1. The Morgan fingerprint density at radius 2 is 1.82 bits per heavy atom. The number of carbonyl (C=O) groups is 4. The minimum Gasteiger partial charge on any atom is -0.439 e. The first kappa shape index (κ1) is 36.6. The van der Waals surface area contributed by atoms with E-state index >= 15 is 0 Å². The Bertz CT molecular complexity index is 1260. The highest BCUT2D eigenvalue weighted by molar-refractivity contribution is 6.23. The number of amides is 2. The molecule has 2 bridgehead atoms. The van der Waals surface area contributed by atoms with E-state index in [1.807, 2.05) is 6.92 Å². The molecule has 6 atom stereocenters. The van der Waals surface area contributed by atoms with Gasteiger partial charge in [-0.05, 0) is 52.0 Å². The van der Waals surface area contributed by atoms with E-state index in [-0.39, 0.29) is 41.4 Å². The van der Waals surface area contributed by atoms with Crippen molar-refractivity contribution in [2.75, 3.05) is 20.8 Å². The summed E-state index contributed by atoms with van der Waals surface area (Å²) in [5.74, 6) is -2.21. The maximum Gasteiger partial charge on any atom is 0.405 e. The summed E-state index contributed by atoms with van der Waals surface area (Å²) in [5.41, 5.74) is 11.8. The van der Waals surface area contributed by atoms with Crippen LogP contribution in [0.15, 0.2) is 58.5 Å². The Hall–Kier alpha value is -3.58. The number of carbonyl (C=O) groups excluding carboxylic acids is 4. The van der Waals surface area contributed by atoms with Gasteiger partial charge < -0.3 is 41.4 Å². The molecule has 0 aromatic carbocycles. The zero-order valence-electron chi connectivity index (χ0n) is 26.9. The molecule has 0 aromatic heterocycles. The predicted molar refractivity (Wildman–Crippen MR) is 166 cm³/mol. The number of ketones is 2. The average Bonchev–Trinajstić information content (AvgIpc) is 2.93. The Labute approximate surface area is 259 Å². The van der Waals surface area contributed by atoms with Crippen LogP contribution < -0.4 is 22.1 Å². The molecule has 2 rings (SSSR count). The molecule has 2 aliphatic rings. The Balaban J connectivity index is 2.63. The van der Waals surface area contributed by atoms with Gasteiger partial charge in [0.25, 0.3) is 5.91 Å². The minimum atomic E-state index is -1.00. The molecule has 0 fully saturated rings. The zero-order valence-corrected chi connectivity index (χ0v) is 26.9. The molecule has 2 amide bonds. The lowest BCUT2D eigenvalue weighted by Gasteiger charge is -2.30. The lowest BCUT2D eigenvalue weighted by molar-refractivity contribution is -0.120. The molecule has 0 saturated heterocycles. The number of primary amides is 1. The molecule has 244 valence electrons. The summed E-state index contributed by atoms with van der Waals surface area (Å²) in [7, 11) is 2.92. The average molecular weight is 617 g/mol. The normalized spacial score (nSPS) is 31.2. The molecule has 44 heavy (non-hydrogen) atoms. The fourth-order valence-corrected chi connectivity index (χ4v) is 5.09. The van der Waals surface area contributed by atoms with Crippen LogP contribution in [-0.4, -0.2) is 79.4 Å². The summed E-state index contributed by atoms with van der Waals surface area (Å²) >= 11 is 0. The van der Waals surface area contributed by atoms with Gasteiger partial charge in [-0.3, -0.25) is 14.4 Å². The highest BCUT2D eigenvalue weighted by atomic mass is 16.6. The number of hydrogen-bond acceptors (Lipinski definition) is 10. The number of Topliss-reactive ketones (excluding diaryl/α,β-unsaturated/α-hetero) is 1. The van der Waals surface area contributed by atoms with Crippen LogP contribution in [0.2, 0.25) is 0 Å². The number of hydrogen-bond donors (Lipinski definition) is 5. The van der Waals surface area contributed by atoms with Crippen molar-refractivity contribution >= 4 is 23.6 Å². The molecule has 0 radical (unpaired) electrons. The van der Waals surface area contributed by atoms with Gasteiger partial charge in [-0.1, -0.05) is 38.2 Å². The maximum absolute atomic E-state index is 13.7. The predicted octanol–water partition coefficient (Wildman–Crippen LogP) is 2.09. The van der Waals surface area contributed by atoms with Gasteiger partial charge >= 0.3 is 6.09 Å². The van der Waals surface area contributed by atoms with Crippen molar-refractivity contribution < 1.29 is 38.5 Å². The standard InChI is InChI=1S/C32H48N4O8/c1-17-12-21-26(35-16-32(5,6)34)23(37)15-22(28(21)39)36-30(40)18(2)10-9-11-24(42-7)29(44-31(33)41)20(4)14-19(3)27(38)25(13-17)43-8/h9-11,14-15,17,19,24-25,27,29,35,38H,12-13,16,34H2,1-8H3,(H2,33,41)(H,36,40)/b11-9-,18-10+,20-14+/t17-,19+,24+,25+,27-,29+/m1/s1. The van der Waals surface area contributed by atoms with E-state index in [0.717, 1.165) is 6.08 Å². The van der Waals surface area contributed by atoms with E-state index in [1.165, 1.54) is 20.3 Å². The summed E-state index contributed by atoms with van der Waals surface area (Å²) in [6, 6.07) is 0. The van der Waals surface area contributed by atoms with Crippen LogP contribution in [0, 0.1) is 11.8 Å². The van der Waals surface area contributed by atoms with Gasteiger partial charge in [0.05, 0.1) is 23.6 Å². The highest BCUT2D eigenvalue weighted by Crippen LogP contribution is 2.29. The van der Waals surface area contributed by atoms with Gasteiger partial charge in [-0.25, -0.2) is 4.79 Å². The van der Waals surface area contributed by atoms with Gasteiger partial charge in [0, 0.05) is 49.4 Å². The van der Waals surface area contributed by atoms with Gasteiger partial charge in [0.1, 0.15) is 6.10 Å². The third-order valence-electron chi connectivity index (χ3n) is 7.51. The molecule has 1 aliphatic carbocycles. The summed E-state index contributed by atoms with van der Waals surface area (Å²) in [4.78, 5) is 51.7. The number of ether oxygens (including phenoxy) is 3. The van der Waals surface area contributed by atoms with Crippen molar-refractivity contribution in [3.63, 3.8) is 0 Å². The number of nitrogens with one attached hydrogen (secondary N) is 2. The van der Waals surface area contributed by atoms with Crippen LogP contribution in [0.1, 0.15) is 54.4 Å². The highest BCUT2D eigenvalue weighted by Gasteiger charge is 2.34. The molecule has 12 nitrogen and oxygen atoms in total. The second-order valence-electron chi connectivity index (χ2n) is 12.3. The van der Waals surface area contributed by atoms with Crippen LogP contribution in [0.5, 0.6) is 0 Å². The Morgan fingerprint density at radius 1 is 1.16 bits per heavy atom. The molecule has 0 aromatic rings. The van der Waals surface area contributed by atoms with E-state index in [9.17, 15) is 24.3 Å². The van der Waals surface area contributed by atoms with Crippen molar-refractivity contribution in [3.05, 3.63) is 58.5 Å². The van der Waals surface area contributed by atoms with E-state index in [4.69, 9.17) is 25.7 Å². The van der Waals surface area contributed by atoms with Crippen LogP contribution in [0.3, 0.4) is 0 Å². The number of nitrogens with two attached hydrogens (primary N) is 2. The van der Waals surface area contributed by atoms with Crippen LogP contribution in [0.25, 0.3) is 0 Å². The lowest BCUT2D eigenvalue weighted by atomic mass is 9.85. The van der Waals surface area contributed by atoms with Crippen LogP contribution in [0.4, 0.5) is 4.79 Å². The number of methoxy groups -OCH3 is 2. The van der Waals surface area contributed by atoms with E-state index in [1.54, 1.807) is 52.8 Å². The third-order valence-corrected chi connectivity index (χ3v) is 7.51. The first-order valence-corrected chi connectivity index (χ1v) is 14.6. The fraction of sp³-hybridized carbons (Fsp3) is 0.562. The summed E-state index contributed by atoms with van der Waals surface area (Å²) in [6.07, 6.45) is 3.69. The number of allylic oxidation sites excluding steroid dienone is 4. The molecule has 7 N–H and O–H groups in total. The second kappa shape index (κ2) is 15.9. The van der Waals surface area contributed by atoms with Crippen molar-refractivity contribution in [1.29, 1.82) is 0 Å². The van der Waals surface area contributed by atoms with Crippen LogP contribution in [-0.2, 0) is 28.6 Å². The fourth-order valence-electron chi connectivity index (χ4n) is 5.09. The van der Waals surface area contributed by atoms with E-state index in [0.29, 0.717) is 12.0 Å². The number of fused-ring (bicyclic) bond motifs is 2. The molecule has 0 spiro atoms. The summed E-state index contributed by atoms with van der Waals surface area (Å²) < 4.78 is 16.6. The molecule has 0 unspecified atom stereocenters. The smallest absolute Gasteiger partial charge is 0.405 e. The quantitative estimate of drug-likeness (QED) is 0.218. The molecular weight excluding hydrogens is 568 g/mol. The third kappa shape index (κ3) is 10.3. The van der Waals surface area contributed by atoms with Gasteiger partial charge in [-0.2, -0.15) is 0 Å². The number of aliphatic hydroxyl groups excluding tert-OH is 1. The Kier molecular flexibility index (Phi) is 13.3. The van der Waals surface area contributed by atoms with Crippen molar-refractivity contribution in [1.82, 2.24) is 10.6 Å². The largest absolute Gasteiger partial charge is 0.439 e. The van der Waals surface area contributed by atoms with Gasteiger partial charge in [-0.15, -0.1) is 0 Å². The summed E-state index contributed by atoms with van der Waals surface area (Å²) in [6.45, 7) is 10.8. The molecule has 12 heteroatoms. The van der Waals surface area contributed by atoms with Crippen molar-refractivity contribution in [2.24, 2.45) is 23.3 Å². The number of rotatable bonds is 6. The lowest BCUT2D eigenvalue weighted by Crippen LogP contribution is -2.45. The maximum atomic E-state index is 13.7. The topological polar surface area (TPSA) is 192 Å². The first-order chi connectivity index (χ1) is 20.5.